The number of anilines is 1. The average Bonchev–Trinajstić information content (AvgIpc) is 3.08. The highest BCUT2D eigenvalue weighted by Gasteiger charge is 2.64. The Hall–Kier alpha value is -1.28. The van der Waals surface area contributed by atoms with Gasteiger partial charge in [0.25, 0.3) is 0 Å². The van der Waals surface area contributed by atoms with Crippen molar-refractivity contribution in [1.29, 1.82) is 0 Å². The summed E-state index contributed by atoms with van der Waals surface area (Å²) in [5, 5.41) is 3.82. The van der Waals surface area contributed by atoms with Crippen LogP contribution in [0.25, 0.3) is 0 Å². The minimum atomic E-state index is 0.321. The highest BCUT2D eigenvalue weighted by Crippen LogP contribution is 2.61. The molecule has 1 N–H and O–H groups in total. The Morgan fingerprint density at radius 2 is 2.14 bits per heavy atom. The van der Waals surface area contributed by atoms with E-state index in [4.69, 9.17) is 0 Å². The second kappa shape index (κ2) is 3.92. The maximum Gasteiger partial charge on any atom is 0.0558 e. The van der Waals surface area contributed by atoms with Crippen molar-refractivity contribution in [3.63, 3.8) is 0 Å². The molecule has 0 saturated carbocycles. The van der Waals surface area contributed by atoms with E-state index in [9.17, 15) is 0 Å². The molecule has 1 aromatic rings. The molecule has 0 bridgehead atoms. The van der Waals surface area contributed by atoms with Crippen LogP contribution < -0.4 is 5.32 Å². The summed E-state index contributed by atoms with van der Waals surface area (Å²) in [5.74, 6) is 0. The fourth-order valence-corrected chi connectivity index (χ4v) is 6.04. The standard InChI is InChI=1S/C19H24N2/c1-2-18-9-5-12-21-13-11-19(17(18)21)14-6-3-4-7-15(14)20-16(19)8-10-18/h3-4,6-8,10,16-17,20H,2,5,9,11-13H2,1H3/t16-,17-,18-,19-/m0/s1. The first kappa shape index (κ1) is 12.3. The van der Waals surface area contributed by atoms with E-state index in [1.807, 2.05) is 0 Å². The molecule has 0 aromatic heterocycles. The third-order valence-electron chi connectivity index (χ3n) is 6.87. The van der Waals surface area contributed by atoms with Crippen molar-refractivity contribution in [2.75, 3.05) is 18.4 Å². The summed E-state index contributed by atoms with van der Waals surface area (Å²) < 4.78 is 0. The first-order valence-corrected chi connectivity index (χ1v) is 8.60. The van der Waals surface area contributed by atoms with Crippen LogP contribution in [0.5, 0.6) is 0 Å². The molecule has 4 atom stereocenters. The van der Waals surface area contributed by atoms with Gasteiger partial charge in [-0.25, -0.2) is 0 Å². The zero-order valence-electron chi connectivity index (χ0n) is 12.8. The van der Waals surface area contributed by atoms with E-state index in [0.717, 1.165) is 0 Å². The lowest BCUT2D eigenvalue weighted by Gasteiger charge is -2.55. The van der Waals surface area contributed by atoms with Gasteiger partial charge in [-0.15, -0.1) is 0 Å². The van der Waals surface area contributed by atoms with Gasteiger partial charge in [-0.2, -0.15) is 0 Å². The molecule has 1 spiro atoms. The van der Waals surface area contributed by atoms with Crippen molar-refractivity contribution in [1.82, 2.24) is 4.90 Å². The SMILES string of the molecule is CC[C@@]12C=C[C@@H]3Nc4ccccc4[C@@]34CCN(CCC1)[C@@H]24. The second-order valence-electron chi connectivity index (χ2n) is 7.45. The largest absolute Gasteiger partial charge is 0.378 e. The Bertz CT molecular complexity index is 622. The molecule has 0 amide bonds. The maximum atomic E-state index is 3.82. The molecule has 2 fully saturated rings. The maximum absolute atomic E-state index is 3.82. The molecular weight excluding hydrogens is 256 g/mol. The lowest BCUT2D eigenvalue weighted by atomic mass is 9.55. The normalized spacial score (nSPS) is 43.1. The quantitative estimate of drug-likeness (QED) is 0.791. The molecule has 2 saturated heterocycles. The summed E-state index contributed by atoms with van der Waals surface area (Å²) >= 11 is 0. The van der Waals surface area contributed by atoms with Gasteiger partial charge in [0.1, 0.15) is 0 Å². The van der Waals surface area contributed by atoms with E-state index >= 15 is 0 Å². The zero-order valence-corrected chi connectivity index (χ0v) is 12.8. The minimum Gasteiger partial charge on any atom is -0.378 e. The molecule has 110 valence electrons. The monoisotopic (exact) mass is 280 g/mol. The third kappa shape index (κ3) is 1.29. The van der Waals surface area contributed by atoms with E-state index in [2.05, 4.69) is 53.6 Å². The minimum absolute atomic E-state index is 0.321. The number of piperidine rings is 1. The fraction of sp³-hybridized carbons (Fsp3) is 0.579. The second-order valence-corrected chi connectivity index (χ2v) is 7.45. The van der Waals surface area contributed by atoms with Crippen molar-refractivity contribution in [3.8, 4) is 0 Å². The van der Waals surface area contributed by atoms with Gasteiger partial charge in [-0.05, 0) is 50.4 Å². The van der Waals surface area contributed by atoms with Crippen LogP contribution in [0.15, 0.2) is 36.4 Å². The zero-order chi connectivity index (χ0) is 14.1. The predicted octanol–water partition coefficient (Wildman–Crippen LogP) is 3.55. The van der Waals surface area contributed by atoms with E-state index < -0.39 is 0 Å². The number of fused-ring (bicyclic) bond motifs is 1. The Morgan fingerprint density at radius 1 is 1.24 bits per heavy atom. The van der Waals surface area contributed by atoms with Gasteiger partial charge in [-0.1, -0.05) is 37.3 Å². The number of nitrogens with zero attached hydrogens (tertiary/aromatic N) is 1. The first-order chi connectivity index (χ1) is 10.3. The van der Waals surface area contributed by atoms with Crippen molar-refractivity contribution in [3.05, 3.63) is 42.0 Å². The van der Waals surface area contributed by atoms with Crippen LogP contribution in [-0.4, -0.2) is 30.1 Å². The number of hydrogen-bond acceptors (Lipinski definition) is 2. The van der Waals surface area contributed by atoms with Gasteiger partial charge < -0.3 is 5.32 Å². The molecule has 2 heteroatoms. The number of nitrogens with one attached hydrogen (secondary N) is 1. The van der Waals surface area contributed by atoms with E-state index in [0.29, 0.717) is 22.9 Å². The van der Waals surface area contributed by atoms with Crippen LogP contribution >= 0.6 is 0 Å². The van der Waals surface area contributed by atoms with Crippen molar-refractivity contribution in [2.45, 2.75) is 50.1 Å². The highest BCUT2D eigenvalue weighted by molar-refractivity contribution is 5.66. The van der Waals surface area contributed by atoms with Crippen LogP contribution in [0.4, 0.5) is 5.69 Å². The molecule has 3 heterocycles. The molecule has 1 aliphatic carbocycles. The topological polar surface area (TPSA) is 15.3 Å². The van der Waals surface area contributed by atoms with E-state index in [1.165, 1.54) is 44.5 Å². The van der Waals surface area contributed by atoms with Gasteiger partial charge >= 0.3 is 0 Å². The van der Waals surface area contributed by atoms with Gasteiger partial charge in [-0.3, -0.25) is 4.90 Å². The molecule has 0 radical (unpaired) electrons. The van der Waals surface area contributed by atoms with Crippen molar-refractivity contribution >= 4 is 5.69 Å². The van der Waals surface area contributed by atoms with Gasteiger partial charge in [0.2, 0.25) is 0 Å². The first-order valence-electron chi connectivity index (χ1n) is 8.60. The van der Waals surface area contributed by atoms with Gasteiger partial charge in [0.15, 0.2) is 0 Å². The van der Waals surface area contributed by atoms with Crippen LogP contribution in [0.2, 0.25) is 0 Å². The molecule has 3 aliphatic heterocycles. The molecule has 0 unspecified atom stereocenters. The van der Waals surface area contributed by atoms with Gasteiger partial charge in [0.05, 0.1) is 6.04 Å². The highest BCUT2D eigenvalue weighted by atomic mass is 15.2. The summed E-state index contributed by atoms with van der Waals surface area (Å²) in [6, 6.07) is 10.3. The molecule has 21 heavy (non-hydrogen) atoms. The summed E-state index contributed by atoms with van der Waals surface area (Å²) in [4.78, 5) is 2.81. The number of benzene rings is 1. The van der Waals surface area contributed by atoms with E-state index in [1.54, 1.807) is 5.56 Å². The van der Waals surface area contributed by atoms with Crippen LogP contribution in [0.1, 0.15) is 38.2 Å². The van der Waals surface area contributed by atoms with Crippen molar-refractivity contribution in [2.24, 2.45) is 5.41 Å². The van der Waals surface area contributed by atoms with Crippen molar-refractivity contribution < 1.29 is 0 Å². The number of rotatable bonds is 1. The fourth-order valence-electron chi connectivity index (χ4n) is 6.04. The number of para-hydroxylation sites is 1. The van der Waals surface area contributed by atoms with Crippen LogP contribution in [-0.2, 0) is 5.41 Å². The third-order valence-corrected chi connectivity index (χ3v) is 6.87. The summed E-state index contributed by atoms with van der Waals surface area (Å²) in [6.07, 6.45) is 10.4. The lowest BCUT2D eigenvalue weighted by molar-refractivity contribution is 0.0319. The summed E-state index contributed by atoms with van der Waals surface area (Å²) in [6.45, 7) is 4.98. The molecular formula is C19H24N2. The Balaban J connectivity index is 1.76. The molecule has 5 rings (SSSR count). The Morgan fingerprint density at radius 3 is 3.05 bits per heavy atom. The lowest BCUT2D eigenvalue weighted by Crippen LogP contribution is -2.61. The van der Waals surface area contributed by atoms with Crippen LogP contribution in [0.3, 0.4) is 0 Å². The van der Waals surface area contributed by atoms with E-state index in [-0.39, 0.29) is 0 Å². The smallest absolute Gasteiger partial charge is 0.0558 e. The molecule has 1 aromatic carbocycles. The molecule has 2 nitrogen and oxygen atoms in total. The average molecular weight is 280 g/mol. The summed E-state index contributed by atoms with van der Waals surface area (Å²) in [5.41, 5.74) is 3.70. The molecule has 4 aliphatic rings. The van der Waals surface area contributed by atoms with Crippen LogP contribution in [0, 0.1) is 5.41 Å². The van der Waals surface area contributed by atoms with Gasteiger partial charge in [0, 0.05) is 22.6 Å². The predicted molar refractivity (Wildman–Crippen MR) is 86.6 cm³/mol. The number of hydrogen-bond donors (Lipinski definition) is 1. The summed E-state index contributed by atoms with van der Waals surface area (Å²) in [7, 11) is 0. The Labute approximate surface area is 127 Å². The Kier molecular flexibility index (Phi) is 2.29.